The predicted octanol–water partition coefficient (Wildman–Crippen LogP) is 0.985. The molecule has 1 amide bonds. The molecule has 0 spiro atoms. The molecular weight excluding hydrogens is 180 g/mol. The van der Waals surface area contributed by atoms with Crippen molar-refractivity contribution in [3.8, 4) is 0 Å². The van der Waals surface area contributed by atoms with E-state index in [0.29, 0.717) is 12.5 Å². The predicted molar refractivity (Wildman–Crippen MR) is 57.2 cm³/mol. The van der Waals surface area contributed by atoms with Gasteiger partial charge in [-0.2, -0.15) is 0 Å². The van der Waals surface area contributed by atoms with Gasteiger partial charge in [-0.25, -0.2) is 0 Å². The Balaban J connectivity index is 2.45. The molecule has 1 heterocycles. The van der Waals surface area contributed by atoms with E-state index in [-0.39, 0.29) is 0 Å². The van der Waals surface area contributed by atoms with Gasteiger partial charge >= 0.3 is 0 Å². The van der Waals surface area contributed by atoms with Crippen LogP contribution in [0.15, 0.2) is 0 Å². The molecule has 0 unspecified atom stereocenters. The Hall–Kier alpha value is -0.353. The highest BCUT2D eigenvalue weighted by molar-refractivity contribution is 6.76. The van der Waals surface area contributed by atoms with Gasteiger partial charge in [0.1, 0.15) is 0 Å². The lowest BCUT2D eigenvalue weighted by molar-refractivity contribution is -0.126. The maximum atomic E-state index is 11.4. The van der Waals surface area contributed by atoms with Gasteiger partial charge in [0, 0.05) is 6.54 Å². The second kappa shape index (κ2) is 3.80. The number of rotatable bonds is 3. The number of hydrogen-bond donors (Lipinski definition) is 0. The van der Waals surface area contributed by atoms with E-state index >= 15 is 0 Å². The molecule has 0 saturated carbocycles. The number of likely N-dealkylation sites (N-methyl/N-ethyl adjacent to an activating group) is 1. The first-order valence-electron chi connectivity index (χ1n) is 4.92. The molecule has 0 bridgehead atoms. The first kappa shape index (κ1) is 10.7. The average molecular weight is 200 g/mol. The van der Waals surface area contributed by atoms with E-state index in [1.54, 1.807) is 0 Å². The standard InChI is InChI=1S/C9H20N2OSi/c1-5-11-7-10(6-9(11)12)8-13(2,3)4/h5-8H2,1-4H3. The summed E-state index contributed by atoms with van der Waals surface area (Å²) in [6.45, 7) is 11.4. The Morgan fingerprint density at radius 1 is 1.38 bits per heavy atom. The van der Waals surface area contributed by atoms with Crippen molar-refractivity contribution in [3.63, 3.8) is 0 Å². The maximum Gasteiger partial charge on any atom is 0.237 e. The second-order valence-corrected chi connectivity index (χ2v) is 10.4. The number of hydrogen-bond acceptors (Lipinski definition) is 2. The van der Waals surface area contributed by atoms with Gasteiger partial charge in [0.25, 0.3) is 0 Å². The van der Waals surface area contributed by atoms with Gasteiger partial charge in [0.15, 0.2) is 0 Å². The summed E-state index contributed by atoms with van der Waals surface area (Å²) in [5, 5.41) is 0. The van der Waals surface area contributed by atoms with Crippen molar-refractivity contribution in [2.24, 2.45) is 0 Å². The molecule has 0 radical (unpaired) electrons. The largest absolute Gasteiger partial charge is 0.329 e. The van der Waals surface area contributed by atoms with Crippen molar-refractivity contribution >= 4 is 14.0 Å². The van der Waals surface area contributed by atoms with E-state index in [0.717, 1.165) is 19.4 Å². The minimum Gasteiger partial charge on any atom is -0.329 e. The highest BCUT2D eigenvalue weighted by Crippen LogP contribution is 2.10. The van der Waals surface area contributed by atoms with Crippen LogP contribution >= 0.6 is 0 Å². The molecule has 13 heavy (non-hydrogen) atoms. The van der Waals surface area contributed by atoms with Crippen LogP contribution in [0.2, 0.25) is 19.6 Å². The van der Waals surface area contributed by atoms with Gasteiger partial charge < -0.3 is 4.90 Å². The smallest absolute Gasteiger partial charge is 0.237 e. The fraction of sp³-hybridized carbons (Fsp3) is 0.889. The van der Waals surface area contributed by atoms with Gasteiger partial charge in [0.05, 0.1) is 21.3 Å². The normalized spacial score (nSPS) is 20.0. The van der Waals surface area contributed by atoms with E-state index < -0.39 is 8.07 Å². The fourth-order valence-electron chi connectivity index (χ4n) is 1.71. The number of nitrogens with zero attached hydrogens (tertiary/aromatic N) is 2. The first-order valence-corrected chi connectivity index (χ1v) is 8.63. The lowest BCUT2D eigenvalue weighted by Crippen LogP contribution is -2.39. The summed E-state index contributed by atoms with van der Waals surface area (Å²) < 4.78 is 0. The summed E-state index contributed by atoms with van der Waals surface area (Å²) in [6.07, 6.45) is 1.13. The van der Waals surface area contributed by atoms with Crippen LogP contribution in [-0.2, 0) is 4.79 Å². The van der Waals surface area contributed by atoms with E-state index in [1.807, 2.05) is 11.8 Å². The van der Waals surface area contributed by atoms with Gasteiger partial charge in [-0.05, 0) is 13.1 Å². The quantitative estimate of drug-likeness (QED) is 0.634. The fourth-order valence-corrected chi connectivity index (χ4v) is 3.27. The SMILES string of the molecule is CCN1CN(C[Si](C)(C)C)CC1=O. The third-order valence-corrected chi connectivity index (χ3v) is 3.56. The Bertz CT molecular complexity index is 200. The molecule has 0 atom stereocenters. The van der Waals surface area contributed by atoms with E-state index in [2.05, 4.69) is 24.5 Å². The van der Waals surface area contributed by atoms with Gasteiger partial charge in [0.2, 0.25) is 5.91 Å². The highest BCUT2D eigenvalue weighted by Gasteiger charge is 2.29. The van der Waals surface area contributed by atoms with Crippen LogP contribution in [0.4, 0.5) is 0 Å². The number of carbonyl (C=O) groups is 1. The van der Waals surface area contributed by atoms with Gasteiger partial charge in [-0.1, -0.05) is 19.6 Å². The van der Waals surface area contributed by atoms with Crippen molar-refractivity contribution in [2.75, 3.05) is 25.9 Å². The van der Waals surface area contributed by atoms with Crippen molar-refractivity contribution in [2.45, 2.75) is 26.6 Å². The molecule has 0 N–H and O–H groups in total. The van der Waals surface area contributed by atoms with Gasteiger partial charge in [-0.15, -0.1) is 0 Å². The molecular formula is C9H20N2OSi. The van der Waals surface area contributed by atoms with E-state index in [4.69, 9.17) is 0 Å². The molecule has 1 fully saturated rings. The molecule has 0 aromatic heterocycles. The Labute approximate surface area is 81.7 Å². The van der Waals surface area contributed by atoms with Crippen LogP contribution in [0.25, 0.3) is 0 Å². The molecule has 0 aromatic rings. The lowest BCUT2D eigenvalue weighted by atomic mass is 10.5. The van der Waals surface area contributed by atoms with Crippen molar-refractivity contribution in [1.29, 1.82) is 0 Å². The third kappa shape index (κ3) is 3.12. The Morgan fingerprint density at radius 2 is 2.00 bits per heavy atom. The summed E-state index contributed by atoms with van der Waals surface area (Å²) in [5.41, 5.74) is 0. The minimum atomic E-state index is -1.05. The van der Waals surface area contributed by atoms with Crippen molar-refractivity contribution < 1.29 is 4.79 Å². The summed E-state index contributed by atoms with van der Waals surface area (Å²) in [6, 6.07) is 0. The average Bonchev–Trinajstić information content (AvgIpc) is 2.26. The molecule has 4 heteroatoms. The van der Waals surface area contributed by atoms with Gasteiger partial charge in [-0.3, -0.25) is 9.69 Å². The minimum absolute atomic E-state index is 0.292. The topological polar surface area (TPSA) is 23.6 Å². The van der Waals surface area contributed by atoms with Crippen LogP contribution in [0.3, 0.4) is 0 Å². The zero-order valence-corrected chi connectivity index (χ0v) is 10.1. The molecule has 1 saturated heterocycles. The van der Waals surface area contributed by atoms with E-state index in [1.165, 1.54) is 0 Å². The highest BCUT2D eigenvalue weighted by atomic mass is 28.3. The number of carbonyl (C=O) groups excluding carboxylic acids is 1. The van der Waals surface area contributed by atoms with Crippen molar-refractivity contribution in [3.05, 3.63) is 0 Å². The third-order valence-electron chi connectivity index (χ3n) is 2.16. The molecule has 3 nitrogen and oxygen atoms in total. The lowest BCUT2D eigenvalue weighted by Gasteiger charge is -2.23. The van der Waals surface area contributed by atoms with Crippen LogP contribution in [0.1, 0.15) is 6.92 Å². The van der Waals surface area contributed by atoms with Crippen LogP contribution in [0.5, 0.6) is 0 Å². The zero-order chi connectivity index (χ0) is 10.1. The monoisotopic (exact) mass is 200 g/mol. The van der Waals surface area contributed by atoms with Crippen LogP contribution in [0, 0.1) is 0 Å². The summed E-state index contributed by atoms with van der Waals surface area (Å²) in [5.74, 6) is 0.292. The van der Waals surface area contributed by atoms with E-state index in [9.17, 15) is 4.79 Å². The summed E-state index contributed by atoms with van der Waals surface area (Å²) >= 11 is 0. The first-order chi connectivity index (χ1) is 5.92. The maximum absolute atomic E-state index is 11.4. The van der Waals surface area contributed by atoms with Crippen LogP contribution in [-0.4, -0.2) is 49.7 Å². The molecule has 1 rings (SSSR count). The molecule has 1 aliphatic heterocycles. The Morgan fingerprint density at radius 3 is 2.38 bits per heavy atom. The van der Waals surface area contributed by atoms with Crippen LogP contribution < -0.4 is 0 Å². The molecule has 0 aromatic carbocycles. The molecule has 76 valence electrons. The van der Waals surface area contributed by atoms with Crippen molar-refractivity contribution in [1.82, 2.24) is 9.80 Å². The summed E-state index contributed by atoms with van der Waals surface area (Å²) in [7, 11) is -1.05. The Kier molecular flexibility index (Phi) is 3.13. The second-order valence-electron chi connectivity index (χ2n) is 4.94. The molecule has 1 aliphatic rings. The summed E-state index contributed by atoms with van der Waals surface area (Å²) in [4.78, 5) is 15.6. The molecule has 0 aliphatic carbocycles. The zero-order valence-electron chi connectivity index (χ0n) is 9.13. The number of amides is 1.